The number of amides is 2. The zero-order valence-corrected chi connectivity index (χ0v) is 19.8. The highest BCUT2D eigenvalue weighted by Gasteiger charge is 2.41. The molecule has 2 amide bonds. The molecule has 1 aliphatic rings. The van der Waals surface area contributed by atoms with Gasteiger partial charge in [0.25, 0.3) is 0 Å². The summed E-state index contributed by atoms with van der Waals surface area (Å²) in [4.78, 5) is 42.6. The van der Waals surface area contributed by atoms with Gasteiger partial charge in [0.2, 0.25) is 6.41 Å². The van der Waals surface area contributed by atoms with Gasteiger partial charge in [0.15, 0.2) is 0 Å². The van der Waals surface area contributed by atoms with Crippen LogP contribution in [0.3, 0.4) is 0 Å². The third-order valence-electron chi connectivity index (χ3n) is 5.45. The van der Waals surface area contributed by atoms with Crippen LogP contribution in [0, 0.1) is 0 Å². The Balaban J connectivity index is 1.93. The largest absolute Gasteiger partial charge is 0.478 e. The molecule has 3 rings (SSSR count). The Morgan fingerprint density at radius 3 is 2.39 bits per heavy atom. The van der Waals surface area contributed by atoms with Crippen LogP contribution in [0.15, 0.2) is 36.5 Å². The highest BCUT2D eigenvalue weighted by atomic mass is 19.4. The third kappa shape index (κ3) is 6.29. The van der Waals surface area contributed by atoms with Gasteiger partial charge in [0.1, 0.15) is 17.9 Å². The fourth-order valence-electron chi connectivity index (χ4n) is 3.81. The van der Waals surface area contributed by atoms with E-state index in [9.17, 15) is 37.1 Å². The Labute approximate surface area is 204 Å². The molecule has 1 aromatic heterocycles. The van der Waals surface area contributed by atoms with Crippen LogP contribution in [0.2, 0.25) is 0 Å². The number of pyridine rings is 1. The maximum Gasteiger partial charge on any atom is 0.416 e. The molecule has 12 heteroatoms. The molecule has 0 unspecified atom stereocenters. The zero-order valence-electron chi connectivity index (χ0n) is 19.8. The van der Waals surface area contributed by atoms with Crippen LogP contribution in [0.1, 0.15) is 48.7 Å². The van der Waals surface area contributed by atoms with E-state index in [2.05, 4.69) is 4.98 Å². The maximum atomic E-state index is 14.3. The van der Waals surface area contributed by atoms with Gasteiger partial charge in [-0.2, -0.15) is 13.2 Å². The lowest BCUT2D eigenvalue weighted by atomic mass is 10.0. The molecule has 1 fully saturated rings. The third-order valence-corrected chi connectivity index (χ3v) is 5.45. The molecule has 0 radical (unpaired) electrons. The average molecular weight is 511 g/mol. The van der Waals surface area contributed by atoms with Crippen LogP contribution in [0.5, 0.6) is 0 Å². The van der Waals surface area contributed by atoms with E-state index in [1.165, 1.54) is 18.2 Å². The first-order valence-corrected chi connectivity index (χ1v) is 10.9. The van der Waals surface area contributed by atoms with Gasteiger partial charge in [-0.15, -0.1) is 0 Å². The Hall–Kier alpha value is -3.70. The van der Waals surface area contributed by atoms with Gasteiger partial charge in [-0.3, -0.25) is 14.7 Å². The first-order valence-electron chi connectivity index (χ1n) is 10.9. The number of aromatic carboxylic acids is 1. The minimum absolute atomic E-state index is 0.103. The Morgan fingerprint density at radius 2 is 1.86 bits per heavy atom. The average Bonchev–Trinajstić information content (AvgIpc) is 3.17. The van der Waals surface area contributed by atoms with Gasteiger partial charge in [0.05, 0.1) is 23.4 Å². The lowest BCUT2D eigenvalue weighted by molar-refractivity contribution is -0.137. The highest BCUT2D eigenvalue weighted by molar-refractivity contribution is 5.89. The van der Waals surface area contributed by atoms with E-state index in [4.69, 9.17) is 4.74 Å². The standard InChI is InChI=1S/C24H25F4N3O5/c1-23(2,3)36-22(35)31-12-17(25)9-20(31)30(13-32)11-15-8-19(29-10-18(15)21(33)34)14-4-6-16(7-5-14)24(26,27)28/h4-8,10,13,17,20H,9,11-12H2,1-3H3,(H,33,34)/t17-,20+/m1/s1. The van der Waals surface area contributed by atoms with Gasteiger partial charge in [-0.05, 0) is 44.5 Å². The predicted molar refractivity (Wildman–Crippen MR) is 119 cm³/mol. The number of ether oxygens (including phenoxy) is 1. The van der Waals surface area contributed by atoms with Gasteiger partial charge in [-0.1, -0.05) is 12.1 Å². The van der Waals surface area contributed by atoms with Crippen LogP contribution < -0.4 is 0 Å². The minimum atomic E-state index is -4.52. The molecule has 1 aromatic carbocycles. The van der Waals surface area contributed by atoms with E-state index in [0.29, 0.717) is 12.0 Å². The number of likely N-dealkylation sites (tertiary alicyclic amines) is 1. The molecule has 0 aliphatic carbocycles. The number of carboxylic acids is 1. The topological polar surface area (TPSA) is 100 Å². The van der Waals surface area contributed by atoms with Crippen LogP contribution >= 0.6 is 0 Å². The summed E-state index contributed by atoms with van der Waals surface area (Å²) in [7, 11) is 0. The molecule has 8 nitrogen and oxygen atoms in total. The first kappa shape index (κ1) is 26.9. The van der Waals surface area contributed by atoms with Crippen molar-refractivity contribution < 1.29 is 41.8 Å². The molecule has 1 N–H and O–H groups in total. The van der Waals surface area contributed by atoms with Crippen molar-refractivity contribution in [3.63, 3.8) is 0 Å². The van der Waals surface area contributed by atoms with Crippen molar-refractivity contribution >= 4 is 18.5 Å². The molecule has 1 aliphatic heterocycles. The van der Waals surface area contributed by atoms with Crippen molar-refractivity contribution in [3.8, 4) is 11.3 Å². The number of rotatable bonds is 6. The molecular weight excluding hydrogens is 486 g/mol. The Morgan fingerprint density at radius 1 is 1.22 bits per heavy atom. The van der Waals surface area contributed by atoms with Crippen molar-refractivity contribution in [2.24, 2.45) is 0 Å². The summed E-state index contributed by atoms with van der Waals surface area (Å²) >= 11 is 0. The van der Waals surface area contributed by atoms with E-state index < -0.39 is 41.7 Å². The number of carbonyl (C=O) groups is 3. The smallest absolute Gasteiger partial charge is 0.416 e. The first-order chi connectivity index (χ1) is 16.7. The molecule has 2 aromatic rings. The van der Waals surface area contributed by atoms with Crippen LogP contribution in [-0.4, -0.2) is 62.8 Å². The molecular formula is C24H25F4N3O5. The van der Waals surface area contributed by atoms with Crippen molar-refractivity contribution in [2.75, 3.05) is 6.54 Å². The molecule has 0 saturated carbocycles. The van der Waals surface area contributed by atoms with Crippen molar-refractivity contribution in [1.29, 1.82) is 0 Å². The van der Waals surface area contributed by atoms with Crippen LogP contribution in [0.4, 0.5) is 22.4 Å². The Bertz CT molecular complexity index is 1130. The van der Waals surface area contributed by atoms with Gasteiger partial charge < -0.3 is 14.7 Å². The van der Waals surface area contributed by atoms with E-state index in [0.717, 1.165) is 28.1 Å². The second-order valence-electron chi connectivity index (χ2n) is 9.33. The van der Waals surface area contributed by atoms with E-state index in [1.54, 1.807) is 20.8 Å². The summed E-state index contributed by atoms with van der Waals surface area (Å²) in [5.74, 6) is -1.35. The SMILES string of the molecule is CC(C)(C)OC(=O)N1C[C@H](F)C[C@H]1N(C=O)Cc1cc(-c2ccc(C(F)(F)F)cc2)ncc1C(=O)O. The number of carboxylic acid groups (broad SMARTS) is 1. The lowest BCUT2D eigenvalue weighted by Crippen LogP contribution is -2.48. The summed E-state index contributed by atoms with van der Waals surface area (Å²) < 4.78 is 58.2. The lowest BCUT2D eigenvalue weighted by Gasteiger charge is -2.33. The summed E-state index contributed by atoms with van der Waals surface area (Å²) in [6.07, 6.45) is -6.59. The maximum absolute atomic E-state index is 14.3. The zero-order chi connectivity index (χ0) is 26.8. The van der Waals surface area contributed by atoms with E-state index in [1.807, 2.05) is 0 Å². The molecule has 0 bridgehead atoms. The summed E-state index contributed by atoms with van der Waals surface area (Å²) in [5.41, 5.74) is -1.40. The number of benzene rings is 1. The van der Waals surface area contributed by atoms with Gasteiger partial charge >= 0.3 is 18.2 Å². The summed E-state index contributed by atoms with van der Waals surface area (Å²) in [5, 5.41) is 9.60. The van der Waals surface area contributed by atoms with Crippen LogP contribution in [0.25, 0.3) is 11.3 Å². The predicted octanol–water partition coefficient (Wildman–Crippen LogP) is 4.73. The molecule has 36 heavy (non-hydrogen) atoms. The van der Waals surface area contributed by atoms with Crippen molar-refractivity contribution in [2.45, 2.75) is 57.9 Å². The van der Waals surface area contributed by atoms with Gasteiger partial charge in [0, 0.05) is 24.7 Å². The molecule has 194 valence electrons. The molecule has 1 saturated heterocycles. The monoisotopic (exact) mass is 511 g/mol. The Kier molecular flexibility index (Phi) is 7.56. The fraction of sp³-hybridized carbons (Fsp3) is 0.417. The number of alkyl halides is 4. The quantitative estimate of drug-likeness (QED) is 0.445. The number of aromatic nitrogens is 1. The second-order valence-corrected chi connectivity index (χ2v) is 9.33. The summed E-state index contributed by atoms with van der Waals surface area (Å²) in [6.45, 7) is 4.29. The highest BCUT2D eigenvalue weighted by Crippen LogP contribution is 2.32. The fourth-order valence-corrected chi connectivity index (χ4v) is 3.81. The van der Waals surface area contributed by atoms with E-state index >= 15 is 0 Å². The minimum Gasteiger partial charge on any atom is -0.478 e. The van der Waals surface area contributed by atoms with Crippen LogP contribution in [-0.2, 0) is 22.3 Å². The van der Waals surface area contributed by atoms with Gasteiger partial charge in [-0.25, -0.2) is 14.0 Å². The molecule has 2 atom stereocenters. The molecule has 0 spiro atoms. The number of halogens is 4. The molecule has 2 heterocycles. The summed E-state index contributed by atoms with van der Waals surface area (Å²) in [6, 6.07) is 5.47. The van der Waals surface area contributed by atoms with Crippen molar-refractivity contribution in [1.82, 2.24) is 14.8 Å². The van der Waals surface area contributed by atoms with Crippen molar-refractivity contribution in [3.05, 3.63) is 53.2 Å². The normalized spacial score (nSPS) is 18.1. The number of hydrogen-bond acceptors (Lipinski definition) is 5. The number of nitrogens with zero attached hydrogens (tertiary/aromatic N) is 3. The number of hydrogen-bond donors (Lipinski definition) is 1. The second kappa shape index (κ2) is 10.1. The number of carbonyl (C=O) groups excluding carboxylic acids is 2. The van der Waals surface area contributed by atoms with E-state index in [-0.39, 0.29) is 36.3 Å².